The molecule has 0 saturated heterocycles. The lowest BCUT2D eigenvalue weighted by molar-refractivity contribution is -0.116. The Morgan fingerprint density at radius 1 is 1.05 bits per heavy atom. The average Bonchev–Trinajstić information content (AvgIpc) is 2.48. The number of carbonyl (C=O) groups is 1. The van der Waals surface area contributed by atoms with E-state index in [1.807, 2.05) is 44.2 Å². The Morgan fingerprint density at radius 2 is 1.68 bits per heavy atom. The molecule has 3 heteroatoms. The predicted molar refractivity (Wildman–Crippen MR) is 93.5 cm³/mol. The molecule has 0 aliphatic heterocycles. The maximum Gasteiger partial charge on any atom is 0.226 e. The standard InChI is InChI=1S/C19H24N2O/c1-4-21(18-8-6-5-7-9-18)11-10-19(22)20-17-13-15(2)12-16(3)14-17/h5-9,12-14H,4,10-11H2,1-3H3,(H,20,22). The Bertz CT molecular complexity index is 602. The van der Waals surface area contributed by atoms with Crippen LogP contribution < -0.4 is 10.2 Å². The Morgan fingerprint density at radius 3 is 2.27 bits per heavy atom. The fourth-order valence-corrected chi connectivity index (χ4v) is 2.62. The number of aryl methyl sites for hydroxylation is 2. The van der Waals surface area contributed by atoms with Crippen LogP contribution in [0.25, 0.3) is 0 Å². The maximum atomic E-state index is 12.1. The minimum absolute atomic E-state index is 0.0550. The molecule has 0 atom stereocenters. The summed E-state index contributed by atoms with van der Waals surface area (Å²) in [5, 5.41) is 2.99. The number of hydrogen-bond acceptors (Lipinski definition) is 2. The second kappa shape index (κ2) is 7.64. The number of para-hydroxylation sites is 1. The maximum absolute atomic E-state index is 12.1. The van der Waals surface area contributed by atoms with Gasteiger partial charge in [-0.15, -0.1) is 0 Å². The van der Waals surface area contributed by atoms with E-state index in [0.717, 1.165) is 35.6 Å². The third kappa shape index (κ3) is 4.62. The second-order valence-corrected chi connectivity index (χ2v) is 5.59. The highest BCUT2D eigenvalue weighted by Crippen LogP contribution is 2.15. The number of anilines is 2. The van der Waals surface area contributed by atoms with Crippen LogP contribution in [0.4, 0.5) is 11.4 Å². The van der Waals surface area contributed by atoms with Crippen molar-refractivity contribution in [2.45, 2.75) is 27.2 Å². The molecule has 0 fully saturated rings. The van der Waals surface area contributed by atoms with E-state index in [2.05, 4.69) is 35.3 Å². The van der Waals surface area contributed by atoms with E-state index >= 15 is 0 Å². The second-order valence-electron chi connectivity index (χ2n) is 5.59. The molecule has 0 bridgehead atoms. The SMILES string of the molecule is CCN(CCC(=O)Nc1cc(C)cc(C)c1)c1ccccc1. The first kappa shape index (κ1) is 16.1. The zero-order chi connectivity index (χ0) is 15.9. The van der Waals surface area contributed by atoms with Crippen LogP contribution in [0.3, 0.4) is 0 Å². The van der Waals surface area contributed by atoms with Crippen molar-refractivity contribution in [1.82, 2.24) is 0 Å². The summed E-state index contributed by atoms with van der Waals surface area (Å²) >= 11 is 0. The van der Waals surface area contributed by atoms with E-state index < -0.39 is 0 Å². The molecule has 2 aromatic carbocycles. The minimum atomic E-state index is 0.0550. The van der Waals surface area contributed by atoms with Crippen molar-refractivity contribution in [3.63, 3.8) is 0 Å². The molecular weight excluding hydrogens is 272 g/mol. The van der Waals surface area contributed by atoms with Gasteiger partial charge in [0.15, 0.2) is 0 Å². The van der Waals surface area contributed by atoms with Crippen LogP contribution in [0.15, 0.2) is 48.5 Å². The van der Waals surface area contributed by atoms with Gasteiger partial charge in [-0.2, -0.15) is 0 Å². The highest BCUT2D eigenvalue weighted by atomic mass is 16.1. The zero-order valence-electron chi connectivity index (χ0n) is 13.6. The molecule has 0 saturated carbocycles. The Kier molecular flexibility index (Phi) is 5.59. The molecule has 0 aliphatic carbocycles. The first-order valence-electron chi connectivity index (χ1n) is 7.76. The van der Waals surface area contributed by atoms with Crippen LogP contribution >= 0.6 is 0 Å². The summed E-state index contributed by atoms with van der Waals surface area (Å²) < 4.78 is 0. The molecule has 0 spiro atoms. The van der Waals surface area contributed by atoms with Crippen LogP contribution in [0, 0.1) is 13.8 Å². The topological polar surface area (TPSA) is 32.3 Å². The highest BCUT2D eigenvalue weighted by molar-refractivity contribution is 5.91. The smallest absolute Gasteiger partial charge is 0.226 e. The van der Waals surface area contributed by atoms with Crippen molar-refractivity contribution in [1.29, 1.82) is 0 Å². The van der Waals surface area contributed by atoms with Crippen molar-refractivity contribution in [3.8, 4) is 0 Å². The van der Waals surface area contributed by atoms with Gasteiger partial charge in [0.1, 0.15) is 0 Å². The molecule has 0 radical (unpaired) electrons. The third-order valence-corrected chi connectivity index (χ3v) is 3.62. The van der Waals surface area contributed by atoms with Crippen LogP contribution in [0.2, 0.25) is 0 Å². The molecule has 116 valence electrons. The van der Waals surface area contributed by atoms with E-state index in [9.17, 15) is 4.79 Å². The Hall–Kier alpha value is -2.29. The summed E-state index contributed by atoms with van der Waals surface area (Å²) in [6.07, 6.45) is 0.482. The van der Waals surface area contributed by atoms with Crippen LogP contribution in [0.1, 0.15) is 24.5 Å². The molecular formula is C19H24N2O. The minimum Gasteiger partial charge on any atom is -0.371 e. The summed E-state index contributed by atoms with van der Waals surface area (Å²) in [7, 11) is 0. The molecule has 0 aliphatic rings. The molecule has 2 aromatic rings. The summed E-state index contributed by atoms with van der Waals surface area (Å²) in [6, 6.07) is 16.3. The van der Waals surface area contributed by atoms with E-state index in [4.69, 9.17) is 0 Å². The van der Waals surface area contributed by atoms with Crippen molar-refractivity contribution in [2.75, 3.05) is 23.3 Å². The summed E-state index contributed by atoms with van der Waals surface area (Å²) in [6.45, 7) is 7.79. The quantitative estimate of drug-likeness (QED) is 0.868. The van der Waals surface area contributed by atoms with Gasteiger partial charge in [0, 0.05) is 30.9 Å². The average molecular weight is 296 g/mol. The van der Waals surface area contributed by atoms with Gasteiger partial charge in [-0.1, -0.05) is 24.3 Å². The first-order valence-corrected chi connectivity index (χ1v) is 7.76. The normalized spacial score (nSPS) is 10.3. The molecule has 1 N–H and O–H groups in total. The Labute approximate surface area is 133 Å². The van der Waals surface area contributed by atoms with Gasteiger partial charge in [-0.25, -0.2) is 0 Å². The summed E-state index contributed by atoms with van der Waals surface area (Å²) in [5.41, 5.74) is 4.36. The van der Waals surface area contributed by atoms with Crippen LogP contribution in [-0.2, 0) is 4.79 Å². The first-order chi connectivity index (χ1) is 10.6. The van der Waals surface area contributed by atoms with Gasteiger partial charge in [-0.05, 0) is 56.2 Å². The molecule has 0 heterocycles. The largest absolute Gasteiger partial charge is 0.371 e. The summed E-state index contributed by atoms with van der Waals surface area (Å²) in [4.78, 5) is 14.4. The van der Waals surface area contributed by atoms with Crippen LogP contribution in [0.5, 0.6) is 0 Å². The lowest BCUT2D eigenvalue weighted by Crippen LogP contribution is -2.27. The number of nitrogens with zero attached hydrogens (tertiary/aromatic N) is 1. The third-order valence-electron chi connectivity index (χ3n) is 3.62. The van der Waals surface area contributed by atoms with Gasteiger partial charge in [0.2, 0.25) is 5.91 Å². The fraction of sp³-hybridized carbons (Fsp3) is 0.316. The van der Waals surface area contributed by atoms with Crippen molar-refractivity contribution in [2.24, 2.45) is 0 Å². The monoisotopic (exact) mass is 296 g/mol. The van der Waals surface area contributed by atoms with E-state index in [1.165, 1.54) is 0 Å². The van der Waals surface area contributed by atoms with Crippen molar-refractivity contribution in [3.05, 3.63) is 59.7 Å². The van der Waals surface area contributed by atoms with Gasteiger partial charge in [0.25, 0.3) is 0 Å². The van der Waals surface area contributed by atoms with Gasteiger partial charge >= 0.3 is 0 Å². The molecule has 2 rings (SSSR count). The zero-order valence-corrected chi connectivity index (χ0v) is 13.6. The van der Waals surface area contributed by atoms with Gasteiger partial charge < -0.3 is 10.2 Å². The van der Waals surface area contributed by atoms with E-state index in [0.29, 0.717) is 6.42 Å². The molecule has 0 unspecified atom stereocenters. The molecule has 1 amide bonds. The predicted octanol–water partition coefficient (Wildman–Crippen LogP) is 4.16. The number of carbonyl (C=O) groups excluding carboxylic acids is 1. The lowest BCUT2D eigenvalue weighted by atomic mass is 10.1. The van der Waals surface area contributed by atoms with Gasteiger partial charge in [-0.3, -0.25) is 4.79 Å². The number of hydrogen-bond donors (Lipinski definition) is 1. The Balaban J connectivity index is 1.91. The van der Waals surface area contributed by atoms with Gasteiger partial charge in [0.05, 0.1) is 0 Å². The summed E-state index contributed by atoms with van der Waals surface area (Å²) in [5.74, 6) is 0.0550. The van der Waals surface area contributed by atoms with Crippen molar-refractivity contribution < 1.29 is 4.79 Å². The lowest BCUT2D eigenvalue weighted by Gasteiger charge is -2.22. The molecule has 22 heavy (non-hydrogen) atoms. The number of benzene rings is 2. The number of nitrogens with one attached hydrogen (secondary N) is 1. The van der Waals surface area contributed by atoms with E-state index in [-0.39, 0.29) is 5.91 Å². The van der Waals surface area contributed by atoms with Crippen LogP contribution in [-0.4, -0.2) is 19.0 Å². The van der Waals surface area contributed by atoms with E-state index in [1.54, 1.807) is 0 Å². The number of rotatable bonds is 6. The molecule has 0 aromatic heterocycles. The molecule has 3 nitrogen and oxygen atoms in total. The highest BCUT2D eigenvalue weighted by Gasteiger charge is 2.08. The van der Waals surface area contributed by atoms with Crippen molar-refractivity contribution >= 4 is 17.3 Å². The number of amides is 1. The fourth-order valence-electron chi connectivity index (χ4n) is 2.62.